The molecule has 0 aromatic carbocycles. The smallest absolute Gasteiger partial charge is 0.246 e. The van der Waals surface area contributed by atoms with E-state index in [1.165, 1.54) is 0 Å². The molecule has 0 radical (unpaired) electrons. The molecule has 0 unspecified atom stereocenters. The molecule has 98 valence electrons. The van der Waals surface area contributed by atoms with Gasteiger partial charge in [0.1, 0.15) is 0 Å². The molecule has 0 atom stereocenters. The summed E-state index contributed by atoms with van der Waals surface area (Å²) >= 11 is 0. The Balaban J connectivity index is 4.13. The van der Waals surface area contributed by atoms with Gasteiger partial charge in [-0.3, -0.25) is 0 Å². The van der Waals surface area contributed by atoms with Crippen LogP contribution >= 0.6 is 0 Å². The first-order chi connectivity index (χ1) is 7.33. The monoisotopic (exact) mass is 278 g/mol. The van der Waals surface area contributed by atoms with Gasteiger partial charge in [0.15, 0.2) is 0 Å². The van der Waals surface area contributed by atoms with Crippen molar-refractivity contribution in [1.82, 2.24) is 0 Å². The number of rotatable bonds is 9. The lowest BCUT2D eigenvalue weighted by atomic mass is 10.5. The van der Waals surface area contributed by atoms with E-state index in [1.807, 2.05) is 0 Å². The Morgan fingerprint density at radius 2 is 1.06 bits per heavy atom. The lowest BCUT2D eigenvalue weighted by Crippen LogP contribution is -2.17. The summed E-state index contributed by atoms with van der Waals surface area (Å²) in [6.07, 6.45) is 0.837. The Labute approximate surface area is 95.0 Å². The molecule has 10 heteroatoms. The summed E-state index contributed by atoms with van der Waals surface area (Å²) < 4.78 is 58.9. The van der Waals surface area contributed by atoms with Crippen molar-refractivity contribution in [3.63, 3.8) is 0 Å². The van der Waals surface area contributed by atoms with Crippen molar-refractivity contribution in [2.75, 3.05) is 13.2 Å². The van der Waals surface area contributed by atoms with Crippen LogP contribution in [0.15, 0.2) is 0 Å². The molecular formula is C6H14O8S2. The third-order valence-corrected chi connectivity index (χ3v) is 2.52. The molecule has 0 aromatic heterocycles. The van der Waals surface area contributed by atoms with E-state index in [0.29, 0.717) is 12.8 Å². The highest BCUT2D eigenvalue weighted by Gasteiger charge is 2.20. The molecule has 8 nitrogen and oxygen atoms in total. The highest BCUT2D eigenvalue weighted by atomic mass is 32.3. The van der Waals surface area contributed by atoms with Crippen LogP contribution in [-0.4, -0.2) is 30.0 Å². The van der Waals surface area contributed by atoms with Crippen LogP contribution in [0.5, 0.6) is 0 Å². The van der Waals surface area contributed by atoms with Gasteiger partial charge in [0.05, 0.1) is 13.2 Å². The summed E-state index contributed by atoms with van der Waals surface area (Å²) in [4.78, 5) is 0. The Hall–Kier alpha value is -0.260. The van der Waals surface area contributed by atoms with Crippen LogP contribution in [-0.2, 0) is 37.8 Å². The van der Waals surface area contributed by atoms with Crippen LogP contribution in [0.3, 0.4) is 0 Å². The number of hydrogen-bond acceptors (Lipinski definition) is 8. The molecule has 0 aromatic rings. The van der Waals surface area contributed by atoms with Crippen LogP contribution in [0.25, 0.3) is 0 Å². The summed E-state index contributed by atoms with van der Waals surface area (Å²) in [5.41, 5.74) is 0. The summed E-state index contributed by atoms with van der Waals surface area (Å²) in [6, 6.07) is 0. The fourth-order valence-corrected chi connectivity index (χ4v) is 1.84. The van der Waals surface area contributed by atoms with E-state index in [-0.39, 0.29) is 13.2 Å². The molecule has 0 amide bonds. The Morgan fingerprint density at radius 3 is 1.31 bits per heavy atom. The second-order valence-corrected chi connectivity index (χ2v) is 4.97. The summed E-state index contributed by atoms with van der Waals surface area (Å²) in [5, 5.41) is 0. The first-order valence-electron chi connectivity index (χ1n) is 4.49. The van der Waals surface area contributed by atoms with Crippen molar-refractivity contribution in [1.29, 1.82) is 0 Å². The highest BCUT2D eigenvalue weighted by molar-refractivity contribution is 7.84. The van der Waals surface area contributed by atoms with Gasteiger partial charge in [-0.1, -0.05) is 22.5 Å². The quantitative estimate of drug-likeness (QED) is 0.437. The van der Waals surface area contributed by atoms with Crippen LogP contribution in [0.4, 0.5) is 0 Å². The van der Waals surface area contributed by atoms with Crippen molar-refractivity contribution in [2.45, 2.75) is 26.7 Å². The molecule has 0 aliphatic heterocycles. The Bertz CT molecular complexity index is 331. The zero-order valence-electron chi connectivity index (χ0n) is 8.91. The van der Waals surface area contributed by atoms with Crippen molar-refractivity contribution < 1.29 is 33.9 Å². The second kappa shape index (κ2) is 7.14. The first kappa shape index (κ1) is 15.7. The van der Waals surface area contributed by atoms with Gasteiger partial charge >= 0.3 is 20.8 Å². The normalized spacial score (nSPS) is 12.9. The lowest BCUT2D eigenvalue weighted by molar-refractivity contribution is -0.112. The van der Waals surface area contributed by atoms with Gasteiger partial charge in [-0.15, -0.1) is 0 Å². The lowest BCUT2D eigenvalue weighted by Gasteiger charge is -2.04. The molecule has 0 spiro atoms. The summed E-state index contributed by atoms with van der Waals surface area (Å²) in [5.74, 6) is 0. The van der Waals surface area contributed by atoms with Crippen molar-refractivity contribution in [3.05, 3.63) is 0 Å². The standard InChI is InChI=1S/C6H14O8S2/c1-3-5-11-15(7,8)13-14-16(9,10)12-6-4-2/h3-6H2,1-2H3. The molecule has 0 saturated heterocycles. The molecular weight excluding hydrogens is 264 g/mol. The molecule has 0 aliphatic carbocycles. The topological polar surface area (TPSA) is 105 Å². The summed E-state index contributed by atoms with van der Waals surface area (Å²) in [7, 11) is -8.97. The SMILES string of the molecule is CCCOS(=O)(=O)OOS(=O)(=O)OCCC. The fourth-order valence-electron chi connectivity index (χ4n) is 0.478. The predicted molar refractivity (Wildman–Crippen MR) is 52.5 cm³/mol. The molecule has 0 heterocycles. The zero-order chi connectivity index (χ0) is 12.7. The molecule has 16 heavy (non-hydrogen) atoms. The van der Waals surface area contributed by atoms with Crippen molar-refractivity contribution >= 4 is 20.8 Å². The largest absolute Gasteiger partial charge is 0.427 e. The van der Waals surface area contributed by atoms with Crippen LogP contribution < -0.4 is 0 Å². The van der Waals surface area contributed by atoms with Crippen LogP contribution in [0, 0.1) is 0 Å². The van der Waals surface area contributed by atoms with Gasteiger partial charge in [0.25, 0.3) is 0 Å². The van der Waals surface area contributed by atoms with Gasteiger partial charge in [-0.2, -0.15) is 16.8 Å². The molecule has 0 aliphatic rings. The predicted octanol–water partition coefficient (Wildman–Crippen LogP) is 0.277. The van der Waals surface area contributed by atoms with Crippen LogP contribution in [0.1, 0.15) is 26.7 Å². The highest BCUT2D eigenvalue weighted by Crippen LogP contribution is 2.04. The molecule has 0 bridgehead atoms. The van der Waals surface area contributed by atoms with Crippen molar-refractivity contribution in [2.24, 2.45) is 0 Å². The third kappa shape index (κ3) is 7.96. The van der Waals surface area contributed by atoms with E-state index in [4.69, 9.17) is 0 Å². The van der Waals surface area contributed by atoms with E-state index >= 15 is 0 Å². The van der Waals surface area contributed by atoms with Gasteiger partial charge in [-0.25, -0.2) is 8.37 Å². The zero-order valence-corrected chi connectivity index (χ0v) is 10.5. The maximum Gasteiger partial charge on any atom is 0.427 e. The van der Waals surface area contributed by atoms with E-state index < -0.39 is 20.8 Å². The third-order valence-electron chi connectivity index (χ3n) is 1.06. The van der Waals surface area contributed by atoms with Gasteiger partial charge < -0.3 is 0 Å². The molecule has 0 fully saturated rings. The summed E-state index contributed by atoms with van der Waals surface area (Å²) in [6.45, 7) is 3.05. The Kier molecular flexibility index (Phi) is 7.03. The number of hydrogen-bond donors (Lipinski definition) is 0. The Morgan fingerprint density at radius 1 is 0.750 bits per heavy atom. The maximum atomic E-state index is 10.8. The molecule has 0 rings (SSSR count). The second-order valence-electron chi connectivity index (χ2n) is 2.60. The van der Waals surface area contributed by atoms with Crippen molar-refractivity contribution in [3.8, 4) is 0 Å². The van der Waals surface area contributed by atoms with Gasteiger partial charge in [0, 0.05) is 0 Å². The average Bonchev–Trinajstić information content (AvgIpc) is 2.22. The van der Waals surface area contributed by atoms with E-state index in [2.05, 4.69) is 17.0 Å². The average molecular weight is 278 g/mol. The fraction of sp³-hybridized carbons (Fsp3) is 1.00. The van der Waals surface area contributed by atoms with E-state index in [9.17, 15) is 16.8 Å². The van der Waals surface area contributed by atoms with Crippen LogP contribution in [0.2, 0.25) is 0 Å². The van der Waals surface area contributed by atoms with Gasteiger partial charge in [-0.05, 0) is 12.8 Å². The maximum absolute atomic E-state index is 10.8. The first-order valence-corrected chi connectivity index (χ1v) is 7.16. The molecule has 0 N–H and O–H groups in total. The van der Waals surface area contributed by atoms with E-state index in [0.717, 1.165) is 0 Å². The minimum absolute atomic E-state index is 0.137. The minimum Gasteiger partial charge on any atom is -0.246 e. The van der Waals surface area contributed by atoms with Gasteiger partial charge in [0.2, 0.25) is 0 Å². The minimum atomic E-state index is -4.48. The molecule has 0 saturated carbocycles. The van der Waals surface area contributed by atoms with E-state index in [1.54, 1.807) is 13.8 Å².